The van der Waals surface area contributed by atoms with Crippen molar-refractivity contribution in [2.75, 3.05) is 53.4 Å². The number of amides is 1. The average molecular weight is 446 g/mol. The zero-order valence-electron chi connectivity index (χ0n) is 18.5. The fourth-order valence-electron chi connectivity index (χ4n) is 3.42. The first-order chi connectivity index (χ1) is 14.8. The van der Waals surface area contributed by atoms with Crippen molar-refractivity contribution in [1.82, 2.24) is 14.1 Å². The summed E-state index contributed by atoms with van der Waals surface area (Å²) in [4.78, 5) is 17.0. The molecule has 1 saturated heterocycles. The molecule has 3 rings (SSSR count). The van der Waals surface area contributed by atoms with E-state index in [4.69, 9.17) is 4.74 Å². The van der Waals surface area contributed by atoms with E-state index in [1.54, 1.807) is 24.3 Å². The van der Waals surface area contributed by atoms with Crippen LogP contribution in [-0.4, -0.2) is 81.9 Å². The van der Waals surface area contributed by atoms with Gasteiger partial charge in [0.25, 0.3) is 0 Å². The van der Waals surface area contributed by atoms with Gasteiger partial charge in [-0.05, 0) is 36.8 Å². The Labute approximate surface area is 185 Å². The second-order valence-corrected chi connectivity index (χ2v) is 10.1. The molecule has 0 saturated carbocycles. The minimum Gasteiger partial charge on any atom is -0.492 e. The third-order valence-electron chi connectivity index (χ3n) is 5.48. The van der Waals surface area contributed by atoms with Gasteiger partial charge >= 0.3 is 0 Å². The maximum absolute atomic E-state index is 12.5. The first kappa shape index (κ1) is 23.2. The van der Waals surface area contributed by atoms with E-state index >= 15 is 0 Å². The summed E-state index contributed by atoms with van der Waals surface area (Å²) in [6.45, 7) is 6.41. The third-order valence-corrected chi connectivity index (χ3v) is 7.31. The molecule has 31 heavy (non-hydrogen) atoms. The van der Waals surface area contributed by atoms with Gasteiger partial charge in [-0.1, -0.05) is 29.8 Å². The van der Waals surface area contributed by atoms with Gasteiger partial charge in [0.05, 0.1) is 11.3 Å². The number of carbonyl (C=O) groups is 1. The van der Waals surface area contributed by atoms with Crippen molar-refractivity contribution in [3.63, 3.8) is 0 Å². The van der Waals surface area contributed by atoms with Crippen LogP contribution in [0.1, 0.15) is 11.1 Å². The fraction of sp³-hybridized carbons (Fsp3) is 0.435. The van der Waals surface area contributed by atoms with Crippen molar-refractivity contribution < 1.29 is 17.9 Å². The fourth-order valence-corrected chi connectivity index (χ4v) is 4.33. The molecule has 2 aromatic carbocycles. The number of hydrogen-bond acceptors (Lipinski definition) is 5. The van der Waals surface area contributed by atoms with Crippen molar-refractivity contribution in [3.8, 4) is 5.75 Å². The minimum absolute atomic E-state index is 0.174. The monoisotopic (exact) mass is 445 g/mol. The van der Waals surface area contributed by atoms with Crippen LogP contribution in [0.4, 0.5) is 0 Å². The van der Waals surface area contributed by atoms with Gasteiger partial charge in [-0.2, -0.15) is 0 Å². The Morgan fingerprint density at radius 2 is 1.58 bits per heavy atom. The number of aryl methyl sites for hydroxylation is 1. The second kappa shape index (κ2) is 10.3. The number of nitrogens with zero attached hydrogens (tertiary/aromatic N) is 3. The highest BCUT2D eigenvalue weighted by molar-refractivity contribution is 7.89. The molecule has 0 bridgehead atoms. The van der Waals surface area contributed by atoms with Gasteiger partial charge in [0.15, 0.2) is 0 Å². The number of carbonyl (C=O) groups excluding carboxylic acids is 1. The van der Waals surface area contributed by atoms with Gasteiger partial charge in [0.2, 0.25) is 15.9 Å². The van der Waals surface area contributed by atoms with E-state index in [9.17, 15) is 13.2 Å². The summed E-state index contributed by atoms with van der Waals surface area (Å²) in [5, 5.41) is 0. The number of hydrogen-bond donors (Lipinski definition) is 0. The van der Waals surface area contributed by atoms with Gasteiger partial charge in [-0.3, -0.25) is 9.69 Å². The summed E-state index contributed by atoms with van der Waals surface area (Å²) < 4.78 is 31.2. The zero-order valence-corrected chi connectivity index (χ0v) is 19.3. The number of benzene rings is 2. The normalized spacial score (nSPS) is 15.3. The predicted octanol–water partition coefficient (Wildman–Crippen LogP) is 2.01. The van der Waals surface area contributed by atoms with E-state index in [2.05, 4.69) is 4.90 Å². The van der Waals surface area contributed by atoms with E-state index in [-0.39, 0.29) is 10.8 Å². The summed E-state index contributed by atoms with van der Waals surface area (Å²) in [6.07, 6.45) is 0.447. The molecule has 8 heteroatoms. The van der Waals surface area contributed by atoms with Crippen molar-refractivity contribution in [3.05, 3.63) is 59.7 Å². The molecule has 1 heterocycles. The minimum atomic E-state index is -3.43. The van der Waals surface area contributed by atoms with Gasteiger partial charge in [-0.25, -0.2) is 12.7 Å². The van der Waals surface area contributed by atoms with Crippen molar-refractivity contribution >= 4 is 15.9 Å². The van der Waals surface area contributed by atoms with Crippen LogP contribution in [-0.2, 0) is 21.2 Å². The van der Waals surface area contributed by atoms with Crippen molar-refractivity contribution in [1.29, 1.82) is 0 Å². The number of ether oxygens (including phenoxy) is 1. The summed E-state index contributed by atoms with van der Waals surface area (Å²) in [5.41, 5.74) is 2.25. The van der Waals surface area contributed by atoms with Gasteiger partial charge in [0.1, 0.15) is 12.4 Å². The van der Waals surface area contributed by atoms with Crippen LogP contribution in [0, 0.1) is 6.92 Å². The first-order valence-electron chi connectivity index (χ1n) is 10.5. The predicted molar refractivity (Wildman–Crippen MR) is 121 cm³/mol. The third kappa shape index (κ3) is 6.29. The first-order valence-corrected chi connectivity index (χ1v) is 11.9. The lowest BCUT2D eigenvalue weighted by Gasteiger charge is -2.34. The van der Waals surface area contributed by atoms with Crippen LogP contribution in [0.15, 0.2) is 53.4 Å². The highest BCUT2D eigenvalue weighted by atomic mass is 32.2. The lowest BCUT2D eigenvalue weighted by Crippen LogP contribution is -2.49. The van der Waals surface area contributed by atoms with Crippen LogP contribution in [0.2, 0.25) is 0 Å². The Balaban J connectivity index is 1.39. The maximum atomic E-state index is 12.5. The smallest absolute Gasteiger partial charge is 0.242 e. The largest absolute Gasteiger partial charge is 0.492 e. The Morgan fingerprint density at radius 3 is 2.16 bits per heavy atom. The molecule has 1 aliphatic heterocycles. The topological polar surface area (TPSA) is 70.2 Å². The van der Waals surface area contributed by atoms with E-state index < -0.39 is 10.0 Å². The molecular formula is C23H31N3O4S. The van der Waals surface area contributed by atoms with Gasteiger partial charge in [-0.15, -0.1) is 0 Å². The molecule has 7 nitrogen and oxygen atoms in total. The standard InChI is InChI=1S/C23H31N3O4S/c1-19-4-6-20(7-5-19)18-23(27)26-14-12-25(13-15-26)16-17-30-21-8-10-22(11-9-21)31(28,29)24(2)3/h4-11H,12-18H2,1-3H3. The molecule has 0 spiro atoms. The van der Waals surface area contributed by atoms with Crippen molar-refractivity contribution in [2.45, 2.75) is 18.2 Å². The molecule has 1 fully saturated rings. The van der Waals surface area contributed by atoms with Crippen LogP contribution in [0.25, 0.3) is 0 Å². The molecule has 1 amide bonds. The molecule has 0 radical (unpaired) electrons. The Bertz CT molecular complexity index is 965. The van der Waals surface area contributed by atoms with Crippen molar-refractivity contribution in [2.24, 2.45) is 0 Å². The molecule has 0 atom stereocenters. The molecule has 2 aromatic rings. The Kier molecular flexibility index (Phi) is 7.69. The van der Waals surface area contributed by atoms with Crippen LogP contribution in [0.3, 0.4) is 0 Å². The summed E-state index contributed by atoms with van der Waals surface area (Å²) in [7, 11) is -0.409. The average Bonchev–Trinajstić information content (AvgIpc) is 2.76. The molecule has 1 aliphatic rings. The number of sulfonamides is 1. The summed E-state index contributed by atoms with van der Waals surface area (Å²) in [5.74, 6) is 0.817. The molecular weight excluding hydrogens is 414 g/mol. The number of rotatable bonds is 8. The van der Waals surface area contributed by atoms with E-state index in [0.717, 1.165) is 38.3 Å². The molecule has 0 aliphatic carbocycles. The number of piperazine rings is 1. The van der Waals surface area contributed by atoms with E-state index in [0.29, 0.717) is 18.8 Å². The SMILES string of the molecule is Cc1ccc(CC(=O)N2CCN(CCOc3ccc(S(=O)(=O)N(C)C)cc3)CC2)cc1. The van der Waals surface area contributed by atoms with Gasteiger partial charge < -0.3 is 9.64 Å². The Morgan fingerprint density at radius 1 is 0.968 bits per heavy atom. The quantitative estimate of drug-likeness (QED) is 0.622. The Hall–Kier alpha value is -2.42. The second-order valence-electron chi connectivity index (χ2n) is 7.99. The van der Waals surface area contributed by atoms with Gasteiger partial charge in [0, 0.05) is 46.8 Å². The lowest BCUT2D eigenvalue weighted by atomic mass is 10.1. The van der Waals surface area contributed by atoms with E-state index in [1.807, 2.05) is 36.1 Å². The highest BCUT2D eigenvalue weighted by Gasteiger charge is 2.21. The van der Waals surface area contributed by atoms with Crippen LogP contribution in [0.5, 0.6) is 5.75 Å². The van der Waals surface area contributed by atoms with Crippen LogP contribution >= 0.6 is 0 Å². The van der Waals surface area contributed by atoms with E-state index in [1.165, 1.54) is 24.0 Å². The summed E-state index contributed by atoms with van der Waals surface area (Å²) in [6, 6.07) is 14.6. The molecule has 168 valence electrons. The summed E-state index contributed by atoms with van der Waals surface area (Å²) >= 11 is 0. The van der Waals surface area contributed by atoms with Crippen LogP contribution < -0.4 is 4.74 Å². The molecule has 0 aromatic heterocycles. The maximum Gasteiger partial charge on any atom is 0.242 e. The zero-order chi connectivity index (χ0) is 22.4. The molecule has 0 N–H and O–H groups in total. The lowest BCUT2D eigenvalue weighted by molar-refractivity contribution is -0.132. The highest BCUT2D eigenvalue weighted by Crippen LogP contribution is 2.18. The molecule has 0 unspecified atom stereocenters.